The molecule has 1 atom stereocenters. The maximum Gasteiger partial charge on any atom is 0.230 e. The van der Waals surface area contributed by atoms with Crippen LogP contribution in [0, 0.1) is 13.8 Å². The molecule has 0 unspecified atom stereocenters. The number of carbonyl (C=O) groups excluding carboxylic acids is 2. The molecule has 27 heavy (non-hydrogen) atoms. The molecule has 1 aliphatic carbocycles. The zero-order chi connectivity index (χ0) is 19.6. The summed E-state index contributed by atoms with van der Waals surface area (Å²) < 4.78 is 0. The topological polar surface area (TPSA) is 72.0 Å². The van der Waals surface area contributed by atoms with Gasteiger partial charge in [-0.3, -0.25) is 9.59 Å². The Bertz CT molecular complexity index is 878. The third-order valence-corrected chi connectivity index (χ3v) is 5.72. The number of rotatable bonds is 7. The Hall–Kier alpha value is -2.21. The third-order valence-electron chi connectivity index (χ3n) is 4.74. The molecule has 1 amide bonds. The van der Waals surface area contributed by atoms with Crippen molar-refractivity contribution in [1.29, 1.82) is 0 Å². The second-order valence-corrected chi connectivity index (χ2v) is 8.08. The highest BCUT2D eigenvalue weighted by atomic mass is 32.2. The van der Waals surface area contributed by atoms with Crippen LogP contribution in [-0.4, -0.2) is 27.4 Å². The molecule has 5 nitrogen and oxygen atoms in total. The van der Waals surface area contributed by atoms with Gasteiger partial charge >= 0.3 is 0 Å². The molecule has 3 rings (SSSR count). The minimum Gasteiger partial charge on any atom is -0.349 e. The Morgan fingerprint density at radius 3 is 2.56 bits per heavy atom. The number of hydrogen-bond acceptors (Lipinski definition) is 5. The SMILES string of the molecule is CC(=O)c1c(C)nc(C2CC2)nc1SCC(=O)N[C@H](C)c1ccccc1C. The lowest BCUT2D eigenvalue weighted by Gasteiger charge is -2.17. The van der Waals surface area contributed by atoms with Crippen LogP contribution in [0.5, 0.6) is 0 Å². The summed E-state index contributed by atoms with van der Waals surface area (Å²) in [5.41, 5.74) is 3.49. The number of ketones is 1. The van der Waals surface area contributed by atoms with Crippen LogP contribution in [0.2, 0.25) is 0 Å². The number of nitrogens with one attached hydrogen (secondary N) is 1. The molecule has 0 aliphatic heterocycles. The number of aryl methyl sites for hydroxylation is 2. The fraction of sp³-hybridized carbons (Fsp3) is 0.429. The number of thioether (sulfide) groups is 1. The molecule has 142 valence electrons. The number of amides is 1. The van der Waals surface area contributed by atoms with Crippen LogP contribution >= 0.6 is 11.8 Å². The van der Waals surface area contributed by atoms with Gasteiger partial charge in [0.05, 0.1) is 23.1 Å². The van der Waals surface area contributed by atoms with E-state index in [9.17, 15) is 9.59 Å². The normalized spacial score (nSPS) is 14.7. The van der Waals surface area contributed by atoms with E-state index in [-0.39, 0.29) is 23.5 Å². The second-order valence-electron chi connectivity index (χ2n) is 7.11. The van der Waals surface area contributed by atoms with E-state index in [1.165, 1.54) is 18.7 Å². The Labute approximate surface area is 164 Å². The van der Waals surface area contributed by atoms with Crippen LogP contribution in [0.25, 0.3) is 0 Å². The van der Waals surface area contributed by atoms with Crippen molar-refractivity contribution in [3.8, 4) is 0 Å². The Morgan fingerprint density at radius 1 is 1.22 bits per heavy atom. The first kappa shape index (κ1) is 19.5. The van der Waals surface area contributed by atoms with Crippen molar-refractivity contribution in [3.05, 3.63) is 52.5 Å². The highest BCUT2D eigenvalue weighted by Crippen LogP contribution is 2.39. The number of Topliss-reactive ketones (excluding diaryl/α,β-unsaturated/α-hetero) is 1. The quantitative estimate of drug-likeness (QED) is 0.442. The average molecular weight is 384 g/mol. The molecule has 0 bridgehead atoms. The summed E-state index contributed by atoms with van der Waals surface area (Å²) in [6, 6.07) is 7.95. The lowest BCUT2D eigenvalue weighted by molar-refractivity contribution is -0.119. The fourth-order valence-corrected chi connectivity index (χ4v) is 4.11. The van der Waals surface area contributed by atoms with Gasteiger partial charge in [0.15, 0.2) is 5.78 Å². The zero-order valence-electron chi connectivity index (χ0n) is 16.2. The summed E-state index contributed by atoms with van der Waals surface area (Å²) in [6.07, 6.45) is 2.19. The van der Waals surface area contributed by atoms with Crippen molar-refractivity contribution in [2.75, 3.05) is 5.75 Å². The van der Waals surface area contributed by atoms with Gasteiger partial charge in [0.1, 0.15) is 10.9 Å². The van der Waals surface area contributed by atoms with Gasteiger partial charge in [-0.05, 0) is 51.7 Å². The van der Waals surface area contributed by atoms with Crippen molar-refractivity contribution < 1.29 is 9.59 Å². The number of carbonyl (C=O) groups is 2. The molecular formula is C21H25N3O2S. The molecule has 1 fully saturated rings. The summed E-state index contributed by atoms with van der Waals surface area (Å²) in [7, 11) is 0. The molecular weight excluding hydrogens is 358 g/mol. The van der Waals surface area contributed by atoms with Gasteiger partial charge in [-0.2, -0.15) is 0 Å². The van der Waals surface area contributed by atoms with Gasteiger partial charge in [-0.15, -0.1) is 0 Å². The third kappa shape index (κ3) is 4.75. The average Bonchev–Trinajstić information content (AvgIpc) is 3.44. The summed E-state index contributed by atoms with van der Waals surface area (Å²) in [5.74, 6) is 1.28. The summed E-state index contributed by atoms with van der Waals surface area (Å²) >= 11 is 1.31. The molecule has 0 radical (unpaired) electrons. The lowest BCUT2D eigenvalue weighted by Crippen LogP contribution is -2.28. The highest BCUT2D eigenvalue weighted by molar-refractivity contribution is 8.00. The first-order chi connectivity index (χ1) is 12.9. The van der Waals surface area contributed by atoms with E-state index < -0.39 is 0 Å². The monoisotopic (exact) mass is 383 g/mol. The van der Waals surface area contributed by atoms with Crippen LogP contribution in [0.3, 0.4) is 0 Å². The Balaban J connectivity index is 1.69. The largest absolute Gasteiger partial charge is 0.349 e. The molecule has 1 aliphatic rings. The molecule has 6 heteroatoms. The van der Waals surface area contributed by atoms with Crippen LogP contribution in [0.15, 0.2) is 29.3 Å². The van der Waals surface area contributed by atoms with E-state index >= 15 is 0 Å². The van der Waals surface area contributed by atoms with E-state index in [1.54, 1.807) is 0 Å². The van der Waals surface area contributed by atoms with Crippen molar-refractivity contribution in [2.24, 2.45) is 0 Å². The number of aromatic nitrogens is 2. The Morgan fingerprint density at radius 2 is 1.93 bits per heavy atom. The summed E-state index contributed by atoms with van der Waals surface area (Å²) in [5, 5.41) is 3.65. The van der Waals surface area contributed by atoms with Gasteiger partial charge in [0.25, 0.3) is 0 Å². The molecule has 1 saturated carbocycles. The number of hydrogen-bond donors (Lipinski definition) is 1. The summed E-state index contributed by atoms with van der Waals surface area (Å²) in [6.45, 7) is 7.38. The first-order valence-corrected chi connectivity index (χ1v) is 10.2. The molecule has 1 aromatic heterocycles. The smallest absolute Gasteiger partial charge is 0.230 e. The Kier molecular flexibility index (Phi) is 5.95. The van der Waals surface area contributed by atoms with E-state index in [2.05, 4.69) is 15.3 Å². The second kappa shape index (κ2) is 8.21. The number of nitrogens with zero attached hydrogens (tertiary/aromatic N) is 2. The molecule has 0 spiro atoms. The first-order valence-electron chi connectivity index (χ1n) is 9.24. The lowest BCUT2D eigenvalue weighted by atomic mass is 10.0. The van der Waals surface area contributed by atoms with Gasteiger partial charge < -0.3 is 5.32 Å². The molecule has 1 aromatic carbocycles. The van der Waals surface area contributed by atoms with Crippen LogP contribution in [-0.2, 0) is 4.79 Å². The minimum atomic E-state index is -0.0745. The van der Waals surface area contributed by atoms with E-state index in [4.69, 9.17) is 0 Å². The highest BCUT2D eigenvalue weighted by Gasteiger charge is 2.29. The molecule has 2 aromatic rings. The fourth-order valence-electron chi connectivity index (χ4n) is 3.17. The van der Waals surface area contributed by atoms with E-state index in [1.807, 2.05) is 45.0 Å². The predicted molar refractivity (Wildman–Crippen MR) is 107 cm³/mol. The van der Waals surface area contributed by atoms with Crippen LogP contribution in [0.1, 0.15) is 71.7 Å². The van der Waals surface area contributed by atoms with Crippen LogP contribution in [0.4, 0.5) is 0 Å². The van der Waals surface area contributed by atoms with E-state index in [0.717, 1.165) is 29.8 Å². The zero-order valence-corrected chi connectivity index (χ0v) is 17.0. The van der Waals surface area contributed by atoms with Gasteiger partial charge in [-0.1, -0.05) is 36.0 Å². The minimum absolute atomic E-state index is 0.0639. The standard InChI is InChI=1S/C21H25N3O2S/c1-12-7-5-6-8-17(12)13(2)22-18(26)11-27-21-19(15(4)25)14(3)23-20(24-21)16-9-10-16/h5-8,13,16H,9-11H2,1-4H3,(H,22,26)/t13-/m1/s1. The van der Waals surface area contributed by atoms with Gasteiger partial charge in [0, 0.05) is 5.92 Å². The van der Waals surface area contributed by atoms with Gasteiger partial charge in [-0.25, -0.2) is 9.97 Å². The molecule has 0 saturated heterocycles. The predicted octanol–water partition coefficient (Wildman–Crippen LogP) is 4.14. The van der Waals surface area contributed by atoms with Gasteiger partial charge in [0.2, 0.25) is 5.91 Å². The maximum absolute atomic E-state index is 12.4. The molecule has 1 N–H and O–H groups in total. The molecule has 1 heterocycles. The van der Waals surface area contributed by atoms with Crippen molar-refractivity contribution in [1.82, 2.24) is 15.3 Å². The van der Waals surface area contributed by atoms with E-state index in [0.29, 0.717) is 22.2 Å². The van der Waals surface area contributed by atoms with Crippen molar-refractivity contribution in [2.45, 2.75) is 57.5 Å². The number of benzene rings is 1. The van der Waals surface area contributed by atoms with Crippen molar-refractivity contribution >= 4 is 23.5 Å². The van der Waals surface area contributed by atoms with Crippen LogP contribution < -0.4 is 5.32 Å². The summed E-state index contributed by atoms with van der Waals surface area (Å²) in [4.78, 5) is 33.6. The van der Waals surface area contributed by atoms with Crippen molar-refractivity contribution in [3.63, 3.8) is 0 Å². The maximum atomic E-state index is 12.4.